The fourth-order valence-electron chi connectivity index (χ4n) is 3.04. The highest BCUT2D eigenvalue weighted by Crippen LogP contribution is 2.37. The van der Waals surface area contributed by atoms with E-state index in [1.165, 1.54) is 18.7 Å². The van der Waals surface area contributed by atoms with Gasteiger partial charge in [0.05, 0.1) is 16.4 Å². The summed E-state index contributed by atoms with van der Waals surface area (Å²) in [5.41, 5.74) is 2.52. The van der Waals surface area contributed by atoms with Crippen molar-refractivity contribution >= 4 is 29.7 Å². The number of carbonyl (C=O) groups excluding carboxylic acids is 3. The molecule has 0 aliphatic carbocycles. The molecule has 7 heteroatoms. The van der Waals surface area contributed by atoms with E-state index in [1.54, 1.807) is 24.3 Å². The van der Waals surface area contributed by atoms with E-state index in [0.29, 0.717) is 17.5 Å². The van der Waals surface area contributed by atoms with Gasteiger partial charge in [0.15, 0.2) is 5.44 Å². The molecule has 0 spiro atoms. The largest absolute Gasteiger partial charge is 0.461 e. The van der Waals surface area contributed by atoms with Gasteiger partial charge in [-0.2, -0.15) is 0 Å². The molecule has 6 nitrogen and oxygen atoms in total. The van der Waals surface area contributed by atoms with Crippen molar-refractivity contribution in [3.8, 4) is 0 Å². The Balaban J connectivity index is 1.65. The van der Waals surface area contributed by atoms with Gasteiger partial charge in [0.25, 0.3) is 0 Å². The molecule has 0 aromatic heterocycles. The van der Waals surface area contributed by atoms with Crippen LogP contribution in [0.3, 0.4) is 0 Å². The first-order valence-electron chi connectivity index (χ1n) is 9.66. The third kappa shape index (κ3) is 5.86. The Hall–Kier alpha value is -2.80. The Labute approximate surface area is 179 Å². The van der Waals surface area contributed by atoms with Crippen LogP contribution in [-0.2, 0) is 19.0 Å². The normalized spacial score (nSPS) is 20.4. The average molecular weight is 429 g/mol. The molecule has 3 rings (SSSR count). The fourth-order valence-corrected chi connectivity index (χ4v) is 4.41. The van der Waals surface area contributed by atoms with Crippen molar-refractivity contribution in [3.63, 3.8) is 0 Å². The quantitative estimate of drug-likeness (QED) is 0.507. The van der Waals surface area contributed by atoms with Crippen molar-refractivity contribution in [2.75, 3.05) is 6.61 Å². The van der Waals surface area contributed by atoms with Crippen LogP contribution in [0, 0.1) is 13.8 Å². The molecule has 0 N–H and O–H groups in total. The van der Waals surface area contributed by atoms with Crippen LogP contribution in [0.15, 0.2) is 48.5 Å². The number of ether oxygens (including phenoxy) is 3. The molecule has 2 aromatic rings. The van der Waals surface area contributed by atoms with Gasteiger partial charge in [0.1, 0.15) is 12.7 Å². The minimum Gasteiger partial charge on any atom is -0.461 e. The summed E-state index contributed by atoms with van der Waals surface area (Å²) in [4.78, 5) is 36.2. The van der Waals surface area contributed by atoms with Crippen molar-refractivity contribution in [2.45, 2.75) is 44.0 Å². The second-order valence-corrected chi connectivity index (χ2v) is 8.63. The maximum absolute atomic E-state index is 12.5. The van der Waals surface area contributed by atoms with Crippen LogP contribution in [0.5, 0.6) is 0 Å². The minimum atomic E-state index is -0.543. The lowest BCUT2D eigenvalue weighted by atomic mass is 10.1. The summed E-state index contributed by atoms with van der Waals surface area (Å²) in [6.07, 6.45) is -0.201. The Kier molecular flexibility index (Phi) is 7.15. The molecule has 1 unspecified atom stereocenters. The highest BCUT2D eigenvalue weighted by atomic mass is 32.2. The van der Waals surface area contributed by atoms with E-state index in [-0.39, 0.29) is 11.9 Å². The predicted octanol–water partition coefficient (Wildman–Crippen LogP) is 4.08. The molecule has 158 valence electrons. The molecular weight excluding hydrogens is 404 g/mol. The number of rotatable bonds is 6. The Morgan fingerprint density at radius 3 is 1.93 bits per heavy atom. The first kappa shape index (κ1) is 21.9. The molecule has 0 amide bonds. The van der Waals surface area contributed by atoms with Crippen LogP contribution in [-0.4, -0.2) is 41.3 Å². The highest BCUT2D eigenvalue weighted by Gasteiger charge is 2.40. The van der Waals surface area contributed by atoms with Crippen LogP contribution < -0.4 is 0 Å². The molecule has 1 aliphatic heterocycles. The topological polar surface area (TPSA) is 78.9 Å². The number of carbonyl (C=O) groups is 3. The summed E-state index contributed by atoms with van der Waals surface area (Å²) >= 11 is 1.33. The second-order valence-electron chi connectivity index (χ2n) is 7.22. The van der Waals surface area contributed by atoms with E-state index in [2.05, 4.69) is 0 Å². The molecule has 0 saturated carbocycles. The summed E-state index contributed by atoms with van der Waals surface area (Å²) in [5, 5.41) is -0.335. The molecule has 30 heavy (non-hydrogen) atoms. The molecule has 2 aromatic carbocycles. The lowest BCUT2D eigenvalue weighted by Crippen LogP contribution is -2.29. The van der Waals surface area contributed by atoms with Crippen LogP contribution in [0.4, 0.5) is 0 Å². The van der Waals surface area contributed by atoms with E-state index < -0.39 is 29.4 Å². The summed E-state index contributed by atoms with van der Waals surface area (Å²) in [7, 11) is 0. The van der Waals surface area contributed by atoms with Gasteiger partial charge in [0, 0.05) is 13.3 Å². The Morgan fingerprint density at radius 2 is 1.40 bits per heavy atom. The van der Waals surface area contributed by atoms with Crippen LogP contribution in [0.25, 0.3) is 0 Å². The highest BCUT2D eigenvalue weighted by molar-refractivity contribution is 8.00. The van der Waals surface area contributed by atoms with E-state index in [0.717, 1.165) is 11.1 Å². The van der Waals surface area contributed by atoms with Crippen LogP contribution >= 0.6 is 11.8 Å². The summed E-state index contributed by atoms with van der Waals surface area (Å²) in [6, 6.07) is 14.2. The van der Waals surface area contributed by atoms with E-state index in [1.807, 2.05) is 38.1 Å². The van der Waals surface area contributed by atoms with Crippen molar-refractivity contribution in [1.82, 2.24) is 0 Å². The van der Waals surface area contributed by atoms with E-state index in [4.69, 9.17) is 14.2 Å². The molecule has 0 bridgehead atoms. The summed E-state index contributed by atoms with van der Waals surface area (Å²) < 4.78 is 16.4. The maximum Gasteiger partial charge on any atom is 0.338 e. The van der Waals surface area contributed by atoms with Gasteiger partial charge in [-0.05, 0) is 38.1 Å². The molecule has 0 radical (unpaired) electrons. The number of esters is 3. The third-order valence-electron chi connectivity index (χ3n) is 4.68. The zero-order valence-corrected chi connectivity index (χ0v) is 17.9. The third-order valence-corrected chi connectivity index (χ3v) is 6.06. The minimum absolute atomic E-state index is 0.0426. The van der Waals surface area contributed by atoms with Gasteiger partial charge >= 0.3 is 17.9 Å². The second kappa shape index (κ2) is 9.80. The Morgan fingerprint density at radius 1 is 0.867 bits per heavy atom. The zero-order valence-electron chi connectivity index (χ0n) is 17.1. The standard InChI is InChI=1S/C23H24O6S/c1-14-4-8-17(9-5-14)22(25)27-13-20-19(12-21(30-20)28-16(3)24)29-23(26)18-10-6-15(2)7-11-18/h4-11,19-21H,12-13H2,1-3H3/t19-,20-,21?/m1/s1. The molecule has 1 heterocycles. The molecule has 1 saturated heterocycles. The lowest BCUT2D eigenvalue weighted by Gasteiger charge is -2.19. The van der Waals surface area contributed by atoms with Gasteiger partial charge in [-0.15, -0.1) is 11.8 Å². The summed E-state index contributed by atoms with van der Waals surface area (Å²) in [6.45, 7) is 5.25. The van der Waals surface area contributed by atoms with Gasteiger partial charge < -0.3 is 14.2 Å². The first-order chi connectivity index (χ1) is 14.3. The smallest absolute Gasteiger partial charge is 0.338 e. The zero-order chi connectivity index (χ0) is 21.7. The number of aryl methyl sites for hydroxylation is 2. The SMILES string of the molecule is CC(=O)OC1C[C@@H](OC(=O)c2ccc(C)cc2)[C@@H](COC(=O)c2ccc(C)cc2)S1. The van der Waals surface area contributed by atoms with Gasteiger partial charge in [-0.25, -0.2) is 9.59 Å². The van der Waals surface area contributed by atoms with Crippen molar-refractivity contribution in [2.24, 2.45) is 0 Å². The number of hydrogen-bond acceptors (Lipinski definition) is 7. The van der Waals surface area contributed by atoms with Crippen molar-refractivity contribution < 1.29 is 28.6 Å². The average Bonchev–Trinajstić information content (AvgIpc) is 3.07. The lowest BCUT2D eigenvalue weighted by molar-refractivity contribution is -0.142. The van der Waals surface area contributed by atoms with Crippen molar-refractivity contribution in [3.05, 3.63) is 70.8 Å². The number of hydrogen-bond donors (Lipinski definition) is 0. The fraction of sp³-hybridized carbons (Fsp3) is 0.348. The molecule has 3 atom stereocenters. The first-order valence-corrected chi connectivity index (χ1v) is 10.6. The Bertz CT molecular complexity index is 906. The van der Waals surface area contributed by atoms with Crippen LogP contribution in [0.1, 0.15) is 45.2 Å². The molecular formula is C23H24O6S. The maximum atomic E-state index is 12.5. The number of benzene rings is 2. The van der Waals surface area contributed by atoms with E-state index >= 15 is 0 Å². The summed E-state index contributed by atoms with van der Waals surface area (Å²) in [5.74, 6) is -1.32. The van der Waals surface area contributed by atoms with Gasteiger partial charge in [-0.1, -0.05) is 35.4 Å². The number of thioether (sulfide) groups is 1. The predicted molar refractivity (Wildman–Crippen MR) is 113 cm³/mol. The van der Waals surface area contributed by atoms with Crippen molar-refractivity contribution in [1.29, 1.82) is 0 Å². The monoisotopic (exact) mass is 428 g/mol. The van der Waals surface area contributed by atoms with E-state index in [9.17, 15) is 14.4 Å². The van der Waals surface area contributed by atoms with Gasteiger partial charge in [0.2, 0.25) is 0 Å². The van der Waals surface area contributed by atoms with Crippen LogP contribution in [0.2, 0.25) is 0 Å². The molecule has 1 fully saturated rings. The molecule has 1 aliphatic rings. The van der Waals surface area contributed by atoms with Gasteiger partial charge in [-0.3, -0.25) is 4.79 Å².